The molecule has 0 saturated heterocycles. The molecule has 1 atom stereocenters. The summed E-state index contributed by atoms with van der Waals surface area (Å²) in [5.41, 5.74) is 4.43. The lowest BCUT2D eigenvalue weighted by Crippen LogP contribution is -2.36. The van der Waals surface area contributed by atoms with Crippen LogP contribution in [0.2, 0.25) is 0 Å². The minimum Gasteiger partial charge on any atom is -0.481 e. The van der Waals surface area contributed by atoms with Crippen LogP contribution in [0, 0.1) is 0 Å². The molecule has 0 bridgehead atoms. The second-order valence-electron chi connectivity index (χ2n) is 12.0. The Morgan fingerprint density at radius 2 is 1.24 bits per heavy atom. The molecule has 4 rings (SSSR count). The number of carboxylic acids is 1. The number of hydrogen-bond donors (Lipinski definition) is 4. The highest BCUT2D eigenvalue weighted by Crippen LogP contribution is 2.30. The van der Waals surface area contributed by atoms with Gasteiger partial charge in [0.25, 0.3) is 5.91 Å². The van der Waals surface area contributed by atoms with Crippen molar-refractivity contribution >= 4 is 29.2 Å². The molecule has 0 spiro atoms. The number of anilines is 2. The number of alkyl halides is 3. The lowest BCUT2D eigenvalue weighted by atomic mass is 9.86. The first kappa shape index (κ1) is 33.8. The highest BCUT2D eigenvalue weighted by atomic mass is 19.4. The van der Waals surface area contributed by atoms with E-state index in [-0.39, 0.29) is 30.5 Å². The normalized spacial score (nSPS) is 12.2. The Balaban J connectivity index is 1.51. The third-order valence-corrected chi connectivity index (χ3v) is 7.39. The predicted molar refractivity (Wildman–Crippen MR) is 173 cm³/mol. The Morgan fingerprint density at radius 1 is 0.717 bits per heavy atom. The molecule has 0 saturated carbocycles. The van der Waals surface area contributed by atoms with Crippen molar-refractivity contribution in [2.75, 3.05) is 17.2 Å². The van der Waals surface area contributed by atoms with Crippen LogP contribution in [0.3, 0.4) is 0 Å². The maximum Gasteiger partial charge on any atom is 0.416 e. The predicted octanol–water partition coefficient (Wildman–Crippen LogP) is 7.54. The molecule has 0 aliphatic heterocycles. The Labute approximate surface area is 265 Å². The summed E-state index contributed by atoms with van der Waals surface area (Å²) in [5, 5.41) is 17.2. The van der Waals surface area contributed by atoms with Crippen LogP contribution in [0.1, 0.15) is 54.2 Å². The number of carbonyl (C=O) groups is 3. The summed E-state index contributed by atoms with van der Waals surface area (Å²) >= 11 is 0. The summed E-state index contributed by atoms with van der Waals surface area (Å²) in [6.07, 6.45) is -4.44. The van der Waals surface area contributed by atoms with E-state index < -0.39 is 35.6 Å². The van der Waals surface area contributed by atoms with Crippen LogP contribution < -0.4 is 16.0 Å². The zero-order valence-electron chi connectivity index (χ0n) is 25.7. The maximum absolute atomic E-state index is 13.4. The highest BCUT2D eigenvalue weighted by Gasteiger charge is 2.30. The Kier molecular flexibility index (Phi) is 10.5. The molecule has 1 unspecified atom stereocenters. The van der Waals surface area contributed by atoms with Crippen molar-refractivity contribution in [2.24, 2.45) is 0 Å². The van der Waals surface area contributed by atoms with Gasteiger partial charge in [-0.15, -0.1) is 0 Å². The van der Waals surface area contributed by atoms with E-state index in [1.54, 1.807) is 24.3 Å². The van der Waals surface area contributed by atoms with Crippen molar-refractivity contribution in [1.82, 2.24) is 5.32 Å². The molecular formula is C36H36F3N3O4. The van der Waals surface area contributed by atoms with E-state index in [1.165, 1.54) is 17.7 Å². The molecule has 7 nitrogen and oxygen atoms in total. The topological polar surface area (TPSA) is 108 Å². The van der Waals surface area contributed by atoms with Crippen molar-refractivity contribution in [1.29, 1.82) is 0 Å². The van der Waals surface area contributed by atoms with Gasteiger partial charge in [0.05, 0.1) is 12.0 Å². The van der Waals surface area contributed by atoms with Crippen LogP contribution in [-0.4, -0.2) is 35.5 Å². The quantitative estimate of drug-likeness (QED) is 0.137. The van der Waals surface area contributed by atoms with Crippen molar-refractivity contribution in [3.8, 4) is 11.1 Å². The first-order valence-electron chi connectivity index (χ1n) is 14.7. The van der Waals surface area contributed by atoms with Crippen LogP contribution in [-0.2, 0) is 27.6 Å². The molecule has 0 fully saturated rings. The van der Waals surface area contributed by atoms with Crippen LogP contribution in [0.15, 0.2) is 97.1 Å². The second-order valence-corrected chi connectivity index (χ2v) is 12.0. The van der Waals surface area contributed by atoms with Crippen molar-refractivity contribution in [3.63, 3.8) is 0 Å². The average molecular weight is 632 g/mol. The molecule has 240 valence electrons. The van der Waals surface area contributed by atoms with E-state index in [9.17, 15) is 27.6 Å². The molecule has 2 amide bonds. The van der Waals surface area contributed by atoms with Gasteiger partial charge in [-0.25, -0.2) is 0 Å². The third kappa shape index (κ3) is 9.44. The zero-order chi connectivity index (χ0) is 33.5. The summed E-state index contributed by atoms with van der Waals surface area (Å²) in [5.74, 6) is -1.92. The fourth-order valence-corrected chi connectivity index (χ4v) is 4.72. The molecule has 46 heavy (non-hydrogen) atoms. The maximum atomic E-state index is 13.4. The summed E-state index contributed by atoms with van der Waals surface area (Å²) in [6.45, 7) is 6.46. The largest absolute Gasteiger partial charge is 0.481 e. The number of amides is 2. The van der Waals surface area contributed by atoms with E-state index >= 15 is 0 Å². The van der Waals surface area contributed by atoms with Gasteiger partial charge in [0.1, 0.15) is 6.04 Å². The van der Waals surface area contributed by atoms with Gasteiger partial charge in [0.15, 0.2) is 0 Å². The number of aliphatic carboxylic acids is 1. The molecule has 4 aromatic rings. The van der Waals surface area contributed by atoms with E-state index in [4.69, 9.17) is 5.11 Å². The molecule has 0 aliphatic carbocycles. The molecule has 0 heterocycles. The van der Waals surface area contributed by atoms with E-state index in [1.807, 2.05) is 24.3 Å². The summed E-state index contributed by atoms with van der Waals surface area (Å²) < 4.78 is 39.1. The van der Waals surface area contributed by atoms with E-state index in [0.29, 0.717) is 11.3 Å². The third-order valence-electron chi connectivity index (χ3n) is 7.39. The summed E-state index contributed by atoms with van der Waals surface area (Å²) in [4.78, 5) is 36.5. The lowest BCUT2D eigenvalue weighted by Gasteiger charge is -2.21. The minimum atomic E-state index is -4.49. The Bertz CT molecular complexity index is 1640. The molecule has 4 N–H and O–H groups in total. The van der Waals surface area contributed by atoms with Gasteiger partial charge in [-0.1, -0.05) is 69.3 Å². The average Bonchev–Trinajstić information content (AvgIpc) is 3.00. The van der Waals surface area contributed by atoms with Gasteiger partial charge >= 0.3 is 12.1 Å². The van der Waals surface area contributed by atoms with Gasteiger partial charge in [-0.3, -0.25) is 14.4 Å². The number of carbonyl (C=O) groups excluding carboxylic acids is 2. The van der Waals surface area contributed by atoms with E-state index in [2.05, 4.69) is 61.0 Å². The number of halogens is 3. The van der Waals surface area contributed by atoms with Gasteiger partial charge in [-0.05, 0) is 76.2 Å². The summed E-state index contributed by atoms with van der Waals surface area (Å²) in [7, 11) is 0. The Hall–Kier alpha value is -5.12. The highest BCUT2D eigenvalue weighted by molar-refractivity contribution is 5.97. The monoisotopic (exact) mass is 631 g/mol. The van der Waals surface area contributed by atoms with Crippen molar-refractivity contribution < 1.29 is 32.7 Å². The molecule has 4 aromatic carbocycles. The van der Waals surface area contributed by atoms with Gasteiger partial charge in [0.2, 0.25) is 5.91 Å². The number of hydrogen-bond acceptors (Lipinski definition) is 4. The molecule has 0 aromatic heterocycles. The van der Waals surface area contributed by atoms with Crippen LogP contribution >= 0.6 is 0 Å². The summed E-state index contributed by atoms with van der Waals surface area (Å²) in [6, 6.07) is 25.9. The molecule has 0 aliphatic rings. The van der Waals surface area contributed by atoms with Crippen LogP contribution in [0.25, 0.3) is 11.1 Å². The number of rotatable bonds is 11. The van der Waals surface area contributed by atoms with Crippen molar-refractivity contribution in [2.45, 2.75) is 51.2 Å². The minimum absolute atomic E-state index is 0.0125. The number of benzene rings is 4. The van der Waals surface area contributed by atoms with E-state index in [0.717, 1.165) is 28.8 Å². The fraction of sp³-hybridized carbons (Fsp3) is 0.250. The number of nitrogens with one attached hydrogen (secondary N) is 3. The molecule has 0 radical (unpaired) electrons. The standard InChI is InChI=1S/C36H36F3N3O4/c1-35(2,3)27-12-8-25(9-13-27)24-6-4-23(5-7-24)22-31(34(46)42-30-18-14-28(15-19-30)36(37,38)39)41-29-16-10-26(11-17-29)33(45)40-21-20-32(43)44/h4-19,31,41H,20-22H2,1-3H3,(H,40,45)(H,42,46)(H,43,44). The lowest BCUT2D eigenvalue weighted by molar-refractivity contribution is -0.138. The zero-order valence-corrected chi connectivity index (χ0v) is 25.7. The number of carboxylic acid groups (broad SMARTS) is 1. The van der Waals surface area contributed by atoms with Crippen LogP contribution in [0.5, 0.6) is 0 Å². The first-order valence-corrected chi connectivity index (χ1v) is 14.7. The molecular weight excluding hydrogens is 595 g/mol. The smallest absolute Gasteiger partial charge is 0.416 e. The van der Waals surface area contributed by atoms with Gasteiger partial charge in [0, 0.05) is 29.9 Å². The fourth-order valence-electron chi connectivity index (χ4n) is 4.72. The van der Waals surface area contributed by atoms with Gasteiger partial charge < -0.3 is 21.1 Å². The van der Waals surface area contributed by atoms with Gasteiger partial charge in [-0.2, -0.15) is 13.2 Å². The van der Waals surface area contributed by atoms with Crippen LogP contribution in [0.4, 0.5) is 24.5 Å². The second kappa shape index (κ2) is 14.3. The van der Waals surface area contributed by atoms with Crippen molar-refractivity contribution in [3.05, 3.63) is 119 Å². The first-order chi connectivity index (χ1) is 21.7. The Morgan fingerprint density at radius 3 is 1.76 bits per heavy atom. The SMILES string of the molecule is CC(C)(C)c1ccc(-c2ccc(CC(Nc3ccc(C(=O)NCCC(=O)O)cc3)C(=O)Nc3ccc(C(F)(F)F)cc3)cc2)cc1. The molecule has 10 heteroatoms.